The summed E-state index contributed by atoms with van der Waals surface area (Å²) in [6, 6.07) is 0. The van der Waals surface area contributed by atoms with Crippen LogP contribution in [0.4, 0.5) is 0 Å². The van der Waals surface area contributed by atoms with Gasteiger partial charge in [0.05, 0.1) is 0 Å². The first-order chi connectivity index (χ1) is 5.66. The van der Waals surface area contributed by atoms with Crippen molar-refractivity contribution in [1.29, 1.82) is 0 Å². The zero-order valence-electron chi connectivity index (χ0n) is 8.12. The highest BCUT2D eigenvalue weighted by Gasteiger charge is 1.93. The molecule has 0 aromatic rings. The van der Waals surface area contributed by atoms with Crippen LogP contribution < -0.4 is 5.73 Å². The van der Waals surface area contributed by atoms with Crippen molar-refractivity contribution in [3.05, 3.63) is 24.0 Å². The van der Waals surface area contributed by atoms with Gasteiger partial charge in [-0.1, -0.05) is 19.9 Å². The maximum absolute atomic E-state index is 5.70. The lowest BCUT2D eigenvalue weighted by Gasteiger charge is -2.02. The Morgan fingerprint density at radius 1 is 1.50 bits per heavy atom. The summed E-state index contributed by atoms with van der Waals surface area (Å²) in [6.45, 7) is 6.21. The fourth-order valence-electron chi connectivity index (χ4n) is 0.814. The topological polar surface area (TPSA) is 38.4 Å². The molecule has 0 bridgehead atoms. The molecule has 2 nitrogen and oxygen atoms in total. The molecular weight excluding hydrogens is 148 g/mol. The zero-order valence-corrected chi connectivity index (χ0v) is 8.12. The maximum Gasteiger partial charge on any atom is 0.0284 e. The highest BCUT2D eigenvalue weighted by atomic mass is 14.7. The van der Waals surface area contributed by atoms with Crippen molar-refractivity contribution in [3.8, 4) is 0 Å². The van der Waals surface area contributed by atoms with Gasteiger partial charge in [-0.15, -0.1) is 0 Å². The Balaban J connectivity index is 3.83. The fraction of sp³-hybridized carbons (Fsp3) is 0.500. The molecule has 0 atom stereocenters. The SMILES string of the molecule is C\C=C/N=C\C=C(/N)CC(C)C. The Kier molecular flexibility index (Phi) is 6.07. The summed E-state index contributed by atoms with van der Waals surface area (Å²) >= 11 is 0. The zero-order chi connectivity index (χ0) is 9.40. The maximum atomic E-state index is 5.70. The molecule has 0 aromatic carbocycles. The van der Waals surface area contributed by atoms with E-state index in [2.05, 4.69) is 18.8 Å². The summed E-state index contributed by atoms with van der Waals surface area (Å²) in [4.78, 5) is 3.98. The summed E-state index contributed by atoms with van der Waals surface area (Å²) in [5.41, 5.74) is 6.59. The fourth-order valence-corrected chi connectivity index (χ4v) is 0.814. The van der Waals surface area contributed by atoms with Gasteiger partial charge in [-0.2, -0.15) is 0 Å². The van der Waals surface area contributed by atoms with Crippen molar-refractivity contribution in [3.63, 3.8) is 0 Å². The van der Waals surface area contributed by atoms with E-state index in [0.717, 1.165) is 12.1 Å². The Morgan fingerprint density at radius 2 is 2.17 bits per heavy atom. The molecule has 0 rings (SSSR count). The van der Waals surface area contributed by atoms with E-state index in [0.29, 0.717) is 5.92 Å². The van der Waals surface area contributed by atoms with E-state index >= 15 is 0 Å². The first-order valence-electron chi connectivity index (χ1n) is 4.25. The van der Waals surface area contributed by atoms with Crippen LogP contribution in [-0.4, -0.2) is 6.21 Å². The number of allylic oxidation sites excluding steroid dienone is 3. The van der Waals surface area contributed by atoms with Crippen LogP contribution in [-0.2, 0) is 0 Å². The molecular formula is C10H18N2. The third-order valence-corrected chi connectivity index (χ3v) is 1.25. The summed E-state index contributed by atoms with van der Waals surface area (Å²) in [5, 5.41) is 0. The Labute approximate surface area is 74.9 Å². The van der Waals surface area contributed by atoms with Crippen molar-refractivity contribution in [1.82, 2.24) is 0 Å². The lowest BCUT2D eigenvalue weighted by molar-refractivity contribution is 0.639. The molecule has 12 heavy (non-hydrogen) atoms. The number of nitrogens with two attached hydrogens (primary N) is 1. The average molecular weight is 166 g/mol. The quantitative estimate of drug-likeness (QED) is 0.640. The van der Waals surface area contributed by atoms with Crippen LogP contribution in [0, 0.1) is 5.92 Å². The molecule has 0 aromatic heterocycles. The van der Waals surface area contributed by atoms with Crippen LogP contribution >= 0.6 is 0 Å². The van der Waals surface area contributed by atoms with Gasteiger partial charge in [-0.25, -0.2) is 0 Å². The molecule has 0 aliphatic heterocycles. The van der Waals surface area contributed by atoms with Crippen molar-refractivity contribution in [2.24, 2.45) is 16.6 Å². The van der Waals surface area contributed by atoms with Crippen LogP contribution in [0.25, 0.3) is 0 Å². The third kappa shape index (κ3) is 7.06. The summed E-state index contributed by atoms with van der Waals surface area (Å²) < 4.78 is 0. The monoisotopic (exact) mass is 166 g/mol. The average Bonchev–Trinajstić information content (AvgIpc) is 1.97. The molecule has 68 valence electrons. The molecule has 0 aliphatic rings. The Morgan fingerprint density at radius 3 is 2.67 bits per heavy atom. The van der Waals surface area contributed by atoms with Crippen molar-refractivity contribution in [2.45, 2.75) is 27.2 Å². The predicted octanol–water partition coefficient (Wildman–Crippen LogP) is 2.48. The van der Waals surface area contributed by atoms with Gasteiger partial charge in [0, 0.05) is 18.1 Å². The molecule has 0 unspecified atom stereocenters. The smallest absolute Gasteiger partial charge is 0.0284 e. The number of hydrogen-bond donors (Lipinski definition) is 1. The number of aliphatic imine (C=N–C) groups is 1. The third-order valence-electron chi connectivity index (χ3n) is 1.25. The van der Waals surface area contributed by atoms with Gasteiger partial charge < -0.3 is 5.73 Å². The molecule has 0 radical (unpaired) electrons. The predicted molar refractivity (Wildman–Crippen MR) is 55.0 cm³/mol. The van der Waals surface area contributed by atoms with E-state index in [1.807, 2.05) is 19.1 Å². The van der Waals surface area contributed by atoms with E-state index in [1.54, 1.807) is 12.4 Å². The second-order valence-corrected chi connectivity index (χ2v) is 3.12. The molecule has 0 heterocycles. The molecule has 2 heteroatoms. The minimum atomic E-state index is 0.608. The van der Waals surface area contributed by atoms with E-state index in [-0.39, 0.29) is 0 Å². The van der Waals surface area contributed by atoms with E-state index in [1.165, 1.54) is 0 Å². The van der Waals surface area contributed by atoms with Crippen LogP contribution in [0.3, 0.4) is 0 Å². The van der Waals surface area contributed by atoms with E-state index in [4.69, 9.17) is 5.73 Å². The second-order valence-electron chi connectivity index (χ2n) is 3.12. The first kappa shape index (κ1) is 11.0. The lowest BCUT2D eigenvalue weighted by atomic mass is 10.1. The van der Waals surface area contributed by atoms with Gasteiger partial charge >= 0.3 is 0 Å². The lowest BCUT2D eigenvalue weighted by Crippen LogP contribution is -2.01. The first-order valence-corrected chi connectivity index (χ1v) is 4.25. The van der Waals surface area contributed by atoms with Crippen LogP contribution in [0.2, 0.25) is 0 Å². The molecule has 0 saturated carbocycles. The van der Waals surface area contributed by atoms with Crippen LogP contribution in [0.15, 0.2) is 29.0 Å². The van der Waals surface area contributed by atoms with Crippen LogP contribution in [0.1, 0.15) is 27.2 Å². The van der Waals surface area contributed by atoms with Gasteiger partial charge in [0.15, 0.2) is 0 Å². The molecule has 2 N–H and O–H groups in total. The van der Waals surface area contributed by atoms with Gasteiger partial charge in [0.2, 0.25) is 0 Å². The minimum absolute atomic E-state index is 0.608. The van der Waals surface area contributed by atoms with Crippen molar-refractivity contribution in [2.75, 3.05) is 0 Å². The van der Waals surface area contributed by atoms with Gasteiger partial charge in [-0.3, -0.25) is 4.99 Å². The van der Waals surface area contributed by atoms with E-state index in [9.17, 15) is 0 Å². The Hall–Kier alpha value is -1.05. The molecule has 0 fully saturated rings. The van der Waals surface area contributed by atoms with Gasteiger partial charge in [-0.05, 0) is 25.3 Å². The number of nitrogens with zero attached hydrogens (tertiary/aromatic N) is 1. The normalized spacial score (nSPS) is 13.8. The number of rotatable bonds is 4. The highest BCUT2D eigenvalue weighted by molar-refractivity contribution is 5.72. The number of hydrogen-bond acceptors (Lipinski definition) is 2. The van der Waals surface area contributed by atoms with Gasteiger partial charge in [0.25, 0.3) is 0 Å². The second kappa shape index (κ2) is 6.65. The molecule has 0 spiro atoms. The molecule has 0 aliphatic carbocycles. The van der Waals surface area contributed by atoms with Gasteiger partial charge in [0.1, 0.15) is 0 Å². The molecule has 0 amide bonds. The highest BCUT2D eigenvalue weighted by Crippen LogP contribution is 2.03. The van der Waals surface area contributed by atoms with Crippen molar-refractivity contribution < 1.29 is 0 Å². The van der Waals surface area contributed by atoms with E-state index < -0.39 is 0 Å². The Bertz CT molecular complexity index is 188. The summed E-state index contributed by atoms with van der Waals surface area (Å²) in [7, 11) is 0. The minimum Gasteiger partial charge on any atom is -0.402 e. The summed E-state index contributed by atoms with van der Waals surface area (Å²) in [6.07, 6.45) is 8.11. The molecule has 0 saturated heterocycles. The summed E-state index contributed by atoms with van der Waals surface area (Å²) in [5.74, 6) is 0.608. The van der Waals surface area contributed by atoms with Crippen molar-refractivity contribution >= 4 is 6.21 Å². The van der Waals surface area contributed by atoms with Crippen LogP contribution in [0.5, 0.6) is 0 Å². The largest absolute Gasteiger partial charge is 0.402 e. The standard InChI is InChI=1S/C10H18N2/c1-4-6-12-7-5-10(11)8-9(2)3/h4-7,9H,8,11H2,1-3H3/b6-4-,10-5-,12-7-.